The quantitative estimate of drug-likeness (QED) is 0.404. The van der Waals surface area contributed by atoms with Crippen molar-refractivity contribution < 1.29 is 17.9 Å². The number of hydrogen-bond acceptors (Lipinski definition) is 7. The third kappa shape index (κ3) is 6.53. The van der Waals surface area contributed by atoms with Gasteiger partial charge in [0.2, 0.25) is 5.88 Å². The fraction of sp³-hybridized carbons (Fsp3) is 0.190. The molecule has 0 aliphatic carbocycles. The van der Waals surface area contributed by atoms with E-state index in [0.717, 1.165) is 6.42 Å². The molecular weight excluding hydrogens is 450 g/mol. The molecule has 0 unspecified atom stereocenters. The number of ether oxygens (including phenoxy) is 2. The van der Waals surface area contributed by atoms with Crippen LogP contribution in [0.25, 0.3) is 0 Å². The molecule has 9 nitrogen and oxygen atoms in total. The normalized spacial score (nSPS) is 10.8. The van der Waals surface area contributed by atoms with Crippen molar-refractivity contribution in [1.82, 2.24) is 15.3 Å². The number of thiocarbonyl (C=S) groups is 1. The van der Waals surface area contributed by atoms with Gasteiger partial charge in [-0.25, -0.2) is 8.42 Å². The Kier molecular flexibility index (Phi) is 7.79. The number of benzene rings is 2. The zero-order valence-electron chi connectivity index (χ0n) is 17.5. The highest BCUT2D eigenvalue weighted by molar-refractivity contribution is 7.92. The molecule has 11 heteroatoms. The molecule has 0 saturated heterocycles. The molecule has 1 heterocycles. The molecule has 0 radical (unpaired) electrons. The van der Waals surface area contributed by atoms with Crippen molar-refractivity contribution >= 4 is 38.9 Å². The summed E-state index contributed by atoms with van der Waals surface area (Å²) in [6, 6.07) is 17.6. The Hall–Kier alpha value is -3.44. The van der Waals surface area contributed by atoms with Gasteiger partial charge in [0.15, 0.2) is 10.9 Å². The fourth-order valence-corrected chi connectivity index (χ4v) is 3.92. The number of rotatable bonds is 9. The molecule has 0 aliphatic rings. The highest BCUT2D eigenvalue weighted by Gasteiger charge is 2.17. The number of anilines is 2. The number of sulfonamides is 1. The molecular formula is C21H23N5O4S2. The highest BCUT2D eigenvalue weighted by Crippen LogP contribution is 2.21. The minimum atomic E-state index is -3.88. The van der Waals surface area contributed by atoms with E-state index in [0.29, 0.717) is 17.3 Å². The Morgan fingerprint density at radius 2 is 1.72 bits per heavy atom. The maximum absolute atomic E-state index is 12.7. The Labute approximate surface area is 192 Å². The molecule has 3 N–H and O–H groups in total. The summed E-state index contributed by atoms with van der Waals surface area (Å²) in [6.45, 7) is 0.679. The van der Waals surface area contributed by atoms with Crippen LogP contribution in [0.3, 0.4) is 0 Å². The lowest BCUT2D eigenvalue weighted by Crippen LogP contribution is -2.30. The fourth-order valence-electron chi connectivity index (χ4n) is 2.71. The van der Waals surface area contributed by atoms with E-state index in [1.54, 1.807) is 12.1 Å². The maximum atomic E-state index is 12.7. The molecule has 0 atom stereocenters. The van der Waals surface area contributed by atoms with Gasteiger partial charge < -0.3 is 20.1 Å². The summed E-state index contributed by atoms with van der Waals surface area (Å²) in [5, 5.41) is 6.62. The van der Waals surface area contributed by atoms with Crippen LogP contribution in [0.15, 0.2) is 65.6 Å². The Bertz CT molecular complexity index is 1130. The van der Waals surface area contributed by atoms with Crippen LogP contribution in [-0.4, -0.2) is 44.3 Å². The molecule has 3 aromatic rings. The lowest BCUT2D eigenvalue weighted by molar-refractivity contribution is 0.353. The van der Waals surface area contributed by atoms with Gasteiger partial charge in [0.1, 0.15) is 0 Å². The molecule has 0 fully saturated rings. The first-order chi connectivity index (χ1) is 15.4. The summed E-state index contributed by atoms with van der Waals surface area (Å²) in [4.78, 5) is 7.97. The van der Waals surface area contributed by atoms with Crippen LogP contribution < -0.4 is 24.8 Å². The van der Waals surface area contributed by atoms with Crippen molar-refractivity contribution in [1.29, 1.82) is 0 Å². The van der Waals surface area contributed by atoms with Gasteiger partial charge in [0, 0.05) is 18.3 Å². The summed E-state index contributed by atoms with van der Waals surface area (Å²) < 4.78 is 37.8. The predicted octanol–water partition coefficient (Wildman–Crippen LogP) is 2.82. The van der Waals surface area contributed by atoms with Crippen molar-refractivity contribution in [3.63, 3.8) is 0 Å². The average Bonchev–Trinajstić information content (AvgIpc) is 2.79. The van der Waals surface area contributed by atoms with E-state index in [9.17, 15) is 8.42 Å². The Balaban J connectivity index is 1.58. The van der Waals surface area contributed by atoms with Gasteiger partial charge in [-0.05, 0) is 48.5 Å². The van der Waals surface area contributed by atoms with Crippen molar-refractivity contribution in [2.45, 2.75) is 11.3 Å². The van der Waals surface area contributed by atoms with Crippen molar-refractivity contribution in [2.75, 3.05) is 30.8 Å². The van der Waals surface area contributed by atoms with Gasteiger partial charge in [0.25, 0.3) is 10.0 Å². The number of methoxy groups -OCH3 is 2. The maximum Gasteiger partial charge on any atom is 0.321 e. The number of nitrogens with zero attached hydrogens (tertiary/aromatic N) is 2. The van der Waals surface area contributed by atoms with Crippen LogP contribution in [0.5, 0.6) is 11.9 Å². The zero-order chi connectivity index (χ0) is 23.0. The van der Waals surface area contributed by atoms with Crippen LogP contribution in [-0.2, 0) is 16.4 Å². The molecule has 0 bridgehead atoms. The van der Waals surface area contributed by atoms with Crippen LogP contribution in [0.2, 0.25) is 0 Å². The number of aromatic nitrogens is 2. The molecule has 2 aromatic carbocycles. The number of nitrogens with one attached hydrogen (secondary N) is 3. The van der Waals surface area contributed by atoms with E-state index in [2.05, 4.69) is 37.5 Å². The van der Waals surface area contributed by atoms with Crippen molar-refractivity contribution in [3.05, 3.63) is 66.2 Å². The molecule has 168 valence electrons. The number of hydrogen-bond donors (Lipinski definition) is 3. The second-order valence-corrected chi connectivity index (χ2v) is 8.62. The van der Waals surface area contributed by atoms with E-state index >= 15 is 0 Å². The molecule has 1 aromatic heterocycles. The highest BCUT2D eigenvalue weighted by atomic mass is 32.2. The van der Waals surface area contributed by atoms with Crippen LogP contribution >= 0.6 is 12.2 Å². The first kappa shape index (κ1) is 23.2. The van der Waals surface area contributed by atoms with Crippen LogP contribution in [0, 0.1) is 0 Å². The van der Waals surface area contributed by atoms with Crippen LogP contribution in [0.1, 0.15) is 5.56 Å². The molecule has 32 heavy (non-hydrogen) atoms. The lowest BCUT2D eigenvalue weighted by Gasteiger charge is -2.12. The minimum Gasteiger partial charge on any atom is -0.481 e. The predicted molar refractivity (Wildman–Crippen MR) is 127 cm³/mol. The Morgan fingerprint density at radius 1 is 1.00 bits per heavy atom. The van der Waals surface area contributed by atoms with E-state index in [1.807, 2.05) is 18.2 Å². The van der Waals surface area contributed by atoms with E-state index in [-0.39, 0.29) is 22.6 Å². The van der Waals surface area contributed by atoms with E-state index in [4.69, 9.17) is 21.7 Å². The van der Waals surface area contributed by atoms with Gasteiger partial charge in [-0.15, -0.1) is 0 Å². The second-order valence-electron chi connectivity index (χ2n) is 6.53. The monoisotopic (exact) mass is 473 g/mol. The summed E-state index contributed by atoms with van der Waals surface area (Å²) in [5.41, 5.74) is 1.87. The van der Waals surface area contributed by atoms with Gasteiger partial charge >= 0.3 is 6.01 Å². The third-order valence-corrected chi connectivity index (χ3v) is 5.89. The van der Waals surface area contributed by atoms with Gasteiger partial charge in [-0.1, -0.05) is 30.3 Å². The average molecular weight is 474 g/mol. The van der Waals surface area contributed by atoms with Gasteiger partial charge in [-0.3, -0.25) is 4.72 Å². The molecule has 0 amide bonds. The largest absolute Gasteiger partial charge is 0.481 e. The summed E-state index contributed by atoms with van der Waals surface area (Å²) in [5.74, 6) is 0.196. The standard InChI is InChI=1S/C21H23N5O4S2/c1-29-19-14-18(24-20(25-19)30-2)26-32(27,28)17-10-8-16(9-11-17)23-21(31)22-13-12-15-6-4-3-5-7-15/h3-11,14H,12-13H2,1-2H3,(H2,22,23,31)(H,24,25,26). The SMILES string of the molecule is COc1cc(NS(=O)(=O)c2ccc(NC(=S)NCCc3ccccc3)cc2)nc(OC)n1. The molecule has 0 spiro atoms. The third-order valence-electron chi connectivity index (χ3n) is 4.28. The van der Waals surface area contributed by atoms with Gasteiger partial charge in [-0.2, -0.15) is 9.97 Å². The second kappa shape index (κ2) is 10.7. The Morgan fingerprint density at radius 3 is 2.38 bits per heavy atom. The van der Waals surface area contributed by atoms with Crippen molar-refractivity contribution in [2.24, 2.45) is 0 Å². The summed E-state index contributed by atoms with van der Waals surface area (Å²) in [7, 11) is -1.10. The van der Waals surface area contributed by atoms with Crippen LogP contribution in [0.4, 0.5) is 11.5 Å². The molecule has 0 saturated carbocycles. The van der Waals surface area contributed by atoms with Crippen molar-refractivity contribution in [3.8, 4) is 11.9 Å². The summed E-state index contributed by atoms with van der Waals surface area (Å²) in [6.07, 6.45) is 0.837. The smallest absolute Gasteiger partial charge is 0.321 e. The summed E-state index contributed by atoms with van der Waals surface area (Å²) >= 11 is 5.30. The molecule has 3 rings (SSSR count). The minimum absolute atomic E-state index is 0.0186. The zero-order valence-corrected chi connectivity index (χ0v) is 19.2. The topological polar surface area (TPSA) is 114 Å². The van der Waals surface area contributed by atoms with Gasteiger partial charge in [0.05, 0.1) is 19.1 Å². The first-order valence-electron chi connectivity index (χ1n) is 9.58. The lowest BCUT2D eigenvalue weighted by atomic mass is 10.1. The van der Waals surface area contributed by atoms with E-state index < -0.39 is 10.0 Å². The molecule has 0 aliphatic heterocycles. The van der Waals surface area contributed by atoms with E-state index in [1.165, 1.54) is 38.0 Å². The first-order valence-corrected chi connectivity index (χ1v) is 11.5.